The first-order valence-electron chi connectivity index (χ1n) is 10.3. The lowest BCUT2D eigenvalue weighted by Gasteiger charge is -2.34. The summed E-state index contributed by atoms with van der Waals surface area (Å²) in [5, 5.41) is 8.81. The molecule has 33 heavy (non-hydrogen) atoms. The molecule has 12 heteroatoms. The van der Waals surface area contributed by atoms with Gasteiger partial charge >= 0.3 is 0 Å². The van der Waals surface area contributed by atoms with Gasteiger partial charge in [-0.25, -0.2) is 19.0 Å². The second-order valence-electron chi connectivity index (χ2n) is 7.59. The maximum absolute atomic E-state index is 14.6. The van der Waals surface area contributed by atoms with Crippen molar-refractivity contribution in [2.24, 2.45) is 5.73 Å². The standard InChI is InChI=1S/C21H19F2N7O3/c1-2-32-13-5-12(6-13)29-9-16(19(28-29)18-14(22)3-4-17(23)27-18)30-8-11(7-25-30)21-26-15(10-33-21)20(24)31/h3-4,7-10,12-13H,2,5-6H2,1H3,(H2,24,31). The molecule has 0 spiro atoms. The molecule has 1 fully saturated rings. The lowest BCUT2D eigenvalue weighted by atomic mass is 9.89. The van der Waals surface area contributed by atoms with E-state index in [2.05, 4.69) is 20.2 Å². The lowest BCUT2D eigenvalue weighted by molar-refractivity contribution is -0.0226. The number of nitrogens with two attached hydrogens (primary N) is 1. The fourth-order valence-electron chi connectivity index (χ4n) is 3.70. The van der Waals surface area contributed by atoms with Crippen LogP contribution in [0.4, 0.5) is 8.78 Å². The summed E-state index contributed by atoms with van der Waals surface area (Å²) in [6.45, 7) is 2.56. The summed E-state index contributed by atoms with van der Waals surface area (Å²) >= 11 is 0. The number of pyridine rings is 1. The van der Waals surface area contributed by atoms with Crippen molar-refractivity contribution in [1.82, 2.24) is 29.5 Å². The Balaban J connectivity index is 1.54. The largest absolute Gasteiger partial charge is 0.444 e. The molecule has 0 saturated heterocycles. The van der Waals surface area contributed by atoms with Gasteiger partial charge in [-0.3, -0.25) is 9.48 Å². The van der Waals surface area contributed by atoms with Crippen molar-refractivity contribution < 1.29 is 22.7 Å². The second-order valence-corrected chi connectivity index (χ2v) is 7.59. The fraction of sp³-hybridized carbons (Fsp3) is 0.286. The average molecular weight is 455 g/mol. The summed E-state index contributed by atoms with van der Waals surface area (Å²) in [5.41, 5.74) is 5.94. The van der Waals surface area contributed by atoms with Gasteiger partial charge < -0.3 is 14.9 Å². The van der Waals surface area contributed by atoms with Gasteiger partial charge in [-0.2, -0.15) is 14.6 Å². The van der Waals surface area contributed by atoms with E-state index >= 15 is 0 Å². The molecule has 1 saturated carbocycles. The molecule has 5 rings (SSSR count). The minimum absolute atomic E-state index is 0.0221. The minimum atomic E-state index is -0.827. The Bertz CT molecular complexity index is 1320. The first-order valence-corrected chi connectivity index (χ1v) is 10.3. The van der Waals surface area contributed by atoms with Crippen molar-refractivity contribution in [3.8, 4) is 28.5 Å². The third-order valence-electron chi connectivity index (χ3n) is 5.43. The Hall–Kier alpha value is -3.93. The predicted octanol–water partition coefficient (Wildman–Crippen LogP) is 2.90. The predicted molar refractivity (Wildman–Crippen MR) is 110 cm³/mol. The van der Waals surface area contributed by atoms with Crippen LogP contribution in [-0.2, 0) is 4.74 Å². The van der Waals surface area contributed by atoms with E-state index in [0.717, 1.165) is 31.2 Å². The second kappa shape index (κ2) is 8.20. The van der Waals surface area contributed by atoms with E-state index in [-0.39, 0.29) is 35.1 Å². The molecule has 0 bridgehead atoms. The van der Waals surface area contributed by atoms with Crippen LogP contribution in [0.25, 0.3) is 28.5 Å². The van der Waals surface area contributed by atoms with Gasteiger partial charge in [0.1, 0.15) is 23.3 Å². The van der Waals surface area contributed by atoms with Gasteiger partial charge in [0, 0.05) is 12.8 Å². The number of nitrogens with zero attached hydrogens (tertiary/aromatic N) is 6. The summed E-state index contributed by atoms with van der Waals surface area (Å²) in [4.78, 5) is 19.0. The zero-order valence-electron chi connectivity index (χ0n) is 17.5. The third kappa shape index (κ3) is 3.89. The van der Waals surface area contributed by atoms with Gasteiger partial charge in [0.05, 0.1) is 30.1 Å². The highest BCUT2D eigenvalue weighted by Gasteiger charge is 2.33. The number of carbonyl (C=O) groups is 1. The Morgan fingerprint density at radius 1 is 1.24 bits per heavy atom. The van der Waals surface area contributed by atoms with Gasteiger partial charge in [0.15, 0.2) is 11.5 Å². The highest BCUT2D eigenvalue weighted by Crippen LogP contribution is 2.37. The number of rotatable bonds is 7. The molecule has 10 nitrogen and oxygen atoms in total. The van der Waals surface area contributed by atoms with Crippen LogP contribution < -0.4 is 5.73 Å². The molecule has 1 aliphatic carbocycles. The number of halogens is 2. The molecule has 0 atom stereocenters. The fourth-order valence-corrected chi connectivity index (χ4v) is 3.70. The number of hydrogen-bond donors (Lipinski definition) is 1. The van der Waals surface area contributed by atoms with Crippen LogP contribution in [0.3, 0.4) is 0 Å². The van der Waals surface area contributed by atoms with Crippen LogP contribution in [0.2, 0.25) is 0 Å². The quantitative estimate of drug-likeness (QED) is 0.425. The Morgan fingerprint density at radius 3 is 2.79 bits per heavy atom. The van der Waals surface area contributed by atoms with Gasteiger partial charge in [-0.1, -0.05) is 0 Å². The molecule has 170 valence electrons. The Kier molecular flexibility index (Phi) is 5.21. The van der Waals surface area contributed by atoms with Gasteiger partial charge in [-0.05, 0) is 31.9 Å². The highest BCUT2D eigenvalue weighted by atomic mass is 19.1. The Morgan fingerprint density at radius 2 is 2.06 bits per heavy atom. The number of primary amides is 1. The highest BCUT2D eigenvalue weighted by molar-refractivity contribution is 5.90. The average Bonchev–Trinajstić information content (AvgIpc) is 3.50. The van der Waals surface area contributed by atoms with Crippen LogP contribution in [0, 0.1) is 11.8 Å². The van der Waals surface area contributed by atoms with Gasteiger partial charge in [0.2, 0.25) is 11.8 Å². The molecule has 0 aliphatic heterocycles. The lowest BCUT2D eigenvalue weighted by Crippen LogP contribution is -2.33. The molecule has 0 unspecified atom stereocenters. The summed E-state index contributed by atoms with van der Waals surface area (Å²) in [6, 6.07) is 1.99. The van der Waals surface area contributed by atoms with E-state index in [9.17, 15) is 13.6 Å². The maximum Gasteiger partial charge on any atom is 0.270 e. The van der Waals surface area contributed by atoms with Crippen molar-refractivity contribution in [2.75, 3.05) is 6.61 Å². The monoisotopic (exact) mass is 455 g/mol. The van der Waals surface area contributed by atoms with E-state index in [1.165, 1.54) is 10.9 Å². The molecule has 1 aliphatic rings. The Labute approximate surface area is 186 Å². The van der Waals surface area contributed by atoms with Crippen LogP contribution in [0.5, 0.6) is 0 Å². The SMILES string of the molecule is CCOC1CC(n2cc(-n3cc(-c4nc(C(N)=O)co4)cn3)c(-c3nc(F)ccc3F)n2)C1. The van der Waals surface area contributed by atoms with Crippen LogP contribution in [0.1, 0.15) is 36.3 Å². The summed E-state index contributed by atoms with van der Waals surface area (Å²) < 4.78 is 42.4. The molecule has 0 aromatic carbocycles. The number of hydrogen-bond acceptors (Lipinski definition) is 7. The molecule has 4 heterocycles. The molecule has 4 aromatic heterocycles. The molecule has 1 amide bonds. The summed E-state index contributed by atoms with van der Waals surface area (Å²) in [6.07, 6.45) is 7.53. The number of ether oxygens (including phenoxy) is 1. The van der Waals surface area contributed by atoms with E-state index in [1.807, 2.05) is 6.92 Å². The van der Waals surface area contributed by atoms with Gasteiger partial charge in [0.25, 0.3) is 5.91 Å². The van der Waals surface area contributed by atoms with E-state index in [1.54, 1.807) is 17.1 Å². The minimum Gasteiger partial charge on any atom is -0.444 e. The molecule has 2 N–H and O–H groups in total. The van der Waals surface area contributed by atoms with Crippen molar-refractivity contribution in [3.05, 3.63) is 54.4 Å². The van der Waals surface area contributed by atoms with Gasteiger partial charge in [-0.15, -0.1) is 0 Å². The van der Waals surface area contributed by atoms with Crippen molar-refractivity contribution >= 4 is 5.91 Å². The molecule has 0 radical (unpaired) electrons. The summed E-state index contributed by atoms with van der Waals surface area (Å²) in [7, 11) is 0. The van der Waals surface area contributed by atoms with Crippen molar-refractivity contribution in [3.63, 3.8) is 0 Å². The molecule has 4 aromatic rings. The third-order valence-corrected chi connectivity index (χ3v) is 5.43. The maximum atomic E-state index is 14.6. The van der Waals surface area contributed by atoms with E-state index < -0.39 is 17.7 Å². The van der Waals surface area contributed by atoms with Crippen molar-refractivity contribution in [1.29, 1.82) is 0 Å². The van der Waals surface area contributed by atoms with Crippen molar-refractivity contribution in [2.45, 2.75) is 31.9 Å². The number of carbonyl (C=O) groups excluding carboxylic acids is 1. The number of amides is 1. The first-order chi connectivity index (χ1) is 15.9. The number of oxazole rings is 1. The smallest absolute Gasteiger partial charge is 0.270 e. The topological polar surface area (TPSA) is 127 Å². The van der Waals surface area contributed by atoms with Crippen LogP contribution >= 0.6 is 0 Å². The van der Waals surface area contributed by atoms with Crippen LogP contribution in [-0.4, -0.2) is 48.1 Å². The molecular formula is C21H19F2N7O3. The molecular weight excluding hydrogens is 436 g/mol. The normalized spacial score (nSPS) is 17.8. The zero-order chi connectivity index (χ0) is 23.1. The summed E-state index contributed by atoms with van der Waals surface area (Å²) in [5.74, 6) is -2.13. The van der Waals surface area contributed by atoms with E-state index in [0.29, 0.717) is 17.9 Å². The first kappa shape index (κ1) is 20.9. The zero-order valence-corrected chi connectivity index (χ0v) is 17.5. The van der Waals surface area contributed by atoms with Crippen LogP contribution in [0.15, 0.2) is 41.4 Å². The number of aromatic nitrogens is 6. The van der Waals surface area contributed by atoms with E-state index in [4.69, 9.17) is 14.9 Å².